The number of anilines is 1. The lowest BCUT2D eigenvalue weighted by Crippen LogP contribution is -2.96. The summed E-state index contributed by atoms with van der Waals surface area (Å²) in [7, 11) is 0. The Morgan fingerprint density at radius 2 is 1.68 bits per heavy atom. The van der Waals surface area contributed by atoms with Gasteiger partial charge in [0.15, 0.2) is 6.04 Å². The van der Waals surface area contributed by atoms with Crippen LogP contribution in [0.4, 0.5) is 18.9 Å². The first-order chi connectivity index (χ1) is 11.8. The smallest absolute Gasteiger partial charge is 0.406 e. The number of halogens is 3. The Morgan fingerprint density at radius 1 is 1.04 bits per heavy atom. The standard InChI is InChI=1S/C17H19F3N2O3/c18-17(19,20)25-13-8-6-12(7-9-13)22-15(23)10-14(16(22)24)21-11-4-2-1-3-5-11/h6-9,11,14,21H,1-5,10H2/p+1. The van der Waals surface area contributed by atoms with E-state index in [1.165, 1.54) is 18.6 Å². The van der Waals surface area contributed by atoms with E-state index in [4.69, 9.17) is 0 Å². The van der Waals surface area contributed by atoms with Gasteiger partial charge in [0.2, 0.25) is 5.91 Å². The van der Waals surface area contributed by atoms with E-state index in [0.29, 0.717) is 6.04 Å². The molecule has 1 atom stereocenters. The van der Waals surface area contributed by atoms with Gasteiger partial charge in [0, 0.05) is 0 Å². The van der Waals surface area contributed by atoms with E-state index in [-0.39, 0.29) is 29.7 Å². The van der Waals surface area contributed by atoms with Crippen molar-refractivity contribution in [2.45, 2.75) is 57.0 Å². The molecule has 1 saturated heterocycles. The van der Waals surface area contributed by atoms with Gasteiger partial charge < -0.3 is 10.1 Å². The van der Waals surface area contributed by atoms with E-state index < -0.39 is 12.4 Å². The Bertz CT molecular complexity index is 640. The third-order valence-electron chi connectivity index (χ3n) is 4.66. The summed E-state index contributed by atoms with van der Waals surface area (Å²) in [4.78, 5) is 25.8. The minimum Gasteiger partial charge on any atom is -0.406 e. The van der Waals surface area contributed by atoms with Crippen LogP contribution in [0.25, 0.3) is 0 Å². The van der Waals surface area contributed by atoms with Crippen molar-refractivity contribution in [1.29, 1.82) is 0 Å². The molecule has 1 aliphatic heterocycles. The molecule has 0 spiro atoms. The zero-order valence-electron chi connectivity index (χ0n) is 13.6. The minimum absolute atomic E-state index is 0.121. The lowest BCUT2D eigenvalue weighted by molar-refractivity contribution is -0.710. The predicted molar refractivity (Wildman–Crippen MR) is 82.8 cm³/mol. The number of ether oxygens (including phenoxy) is 1. The topological polar surface area (TPSA) is 63.2 Å². The van der Waals surface area contributed by atoms with Gasteiger partial charge in [-0.2, -0.15) is 0 Å². The molecule has 3 rings (SSSR count). The number of carbonyl (C=O) groups is 2. The van der Waals surface area contributed by atoms with Gasteiger partial charge in [-0.25, -0.2) is 4.90 Å². The number of alkyl halides is 3. The SMILES string of the molecule is O=C1CC([NH2+]C2CCCCC2)C(=O)N1c1ccc(OC(F)(F)F)cc1. The van der Waals surface area contributed by atoms with Gasteiger partial charge in [-0.3, -0.25) is 9.59 Å². The van der Waals surface area contributed by atoms with Crippen molar-refractivity contribution in [3.05, 3.63) is 24.3 Å². The van der Waals surface area contributed by atoms with Crippen LogP contribution in [-0.4, -0.2) is 30.3 Å². The van der Waals surface area contributed by atoms with Crippen LogP contribution in [0.2, 0.25) is 0 Å². The Morgan fingerprint density at radius 3 is 2.28 bits per heavy atom. The summed E-state index contributed by atoms with van der Waals surface area (Å²) in [5.41, 5.74) is 0.268. The largest absolute Gasteiger partial charge is 0.573 e. The molecular weight excluding hydrogens is 337 g/mol. The predicted octanol–water partition coefficient (Wildman–Crippen LogP) is 2.11. The first kappa shape index (κ1) is 17.7. The van der Waals surface area contributed by atoms with Crippen LogP contribution in [0.1, 0.15) is 38.5 Å². The normalized spacial score (nSPS) is 22.5. The number of nitrogens with zero attached hydrogens (tertiary/aromatic N) is 1. The third kappa shape index (κ3) is 4.31. The number of benzene rings is 1. The van der Waals surface area contributed by atoms with E-state index in [0.717, 1.165) is 42.7 Å². The fourth-order valence-corrected chi connectivity index (χ4v) is 3.53. The average Bonchev–Trinajstić information content (AvgIpc) is 2.82. The fourth-order valence-electron chi connectivity index (χ4n) is 3.53. The molecule has 136 valence electrons. The zero-order valence-corrected chi connectivity index (χ0v) is 13.6. The second-order valence-electron chi connectivity index (χ2n) is 6.51. The molecule has 0 radical (unpaired) electrons. The number of amides is 2. The molecule has 1 aliphatic carbocycles. The monoisotopic (exact) mass is 357 g/mol. The van der Waals surface area contributed by atoms with Crippen molar-refractivity contribution in [1.82, 2.24) is 0 Å². The van der Waals surface area contributed by atoms with E-state index in [1.54, 1.807) is 0 Å². The summed E-state index contributed by atoms with van der Waals surface area (Å²) in [6, 6.07) is 4.70. The van der Waals surface area contributed by atoms with Crippen LogP contribution >= 0.6 is 0 Å². The second kappa shape index (κ2) is 7.03. The molecule has 1 saturated carbocycles. The maximum atomic E-state index is 12.6. The molecule has 25 heavy (non-hydrogen) atoms. The van der Waals surface area contributed by atoms with Gasteiger partial charge >= 0.3 is 6.36 Å². The number of imide groups is 1. The number of hydrogen-bond acceptors (Lipinski definition) is 3. The highest BCUT2D eigenvalue weighted by molar-refractivity contribution is 6.21. The summed E-state index contributed by atoms with van der Waals surface area (Å²) >= 11 is 0. The highest BCUT2D eigenvalue weighted by Crippen LogP contribution is 2.27. The molecule has 2 amide bonds. The Balaban J connectivity index is 1.67. The number of rotatable bonds is 4. The summed E-state index contributed by atoms with van der Waals surface area (Å²) in [5, 5.41) is 1.99. The molecule has 2 fully saturated rings. The van der Waals surface area contributed by atoms with Crippen LogP contribution in [-0.2, 0) is 9.59 Å². The van der Waals surface area contributed by atoms with Gasteiger partial charge in [0.25, 0.3) is 5.91 Å². The molecular formula is C17H20F3N2O3+. The average molecular weight is 357 g/mol. The molecule has 1 heterocycles. The van der Waals surface area contributed by atoms with E-state index >= 15 is 0 Å². The van der Waals surface area contributed by atoms with E-state index in [9.17, 15) is 22.8 Å². The van der Waals surface area contributed by atoms with Crippen LogP contribution < -0.4 is 15.0 Å². The molecule has 1 aromatic rings. The number of carbonyl (C=O) groups excluding carboxylic acids is 2. The van der Waals surface area contributed by atoms with Crippen molar-refractivity contribution in [3.8, 4) is 5.75 Å². The molecule has 1 unspecified atom stereocenters. The summed E-state index contributed by atoms with van der Waals surface area (Å²) in [6.07, 6.45) is 0.918. The molecule has 5 nitrogen and oxygen atoms in total. The third-order valence-corrected chi connectivity index (χ3v) is 4.66. The lowest BCUT2D eigenvalue weighted by Gasteiger charge is -2.22. The van der Waals surface area contributed by atoms with Crippen molar-refractivity contribution in [3.63, 3.8) is 0 Å². The summed E-state index contributed by atoms with van der Waals surface area (Å²) in [5.74, 6) is -1.02. The van der Waals surface area contributed by atoms with Gasteiger partial charge in [0.1, 0.15) is 5.75 Å². The summed E-state index contributed by atoms with van der Waals surface area (Å²) < 4.78 is 40.4. The Hall–Kier alpha value is -2.09. The summed E-state index contributed by atoms with van der Waals surface area (Å²) in [6.45, 7) is 0. The first-order valence-corrected chi connectivity index (χ1v) is 8.41. The van der Waals surface area contributed by atoms with Gasteiger partial charge in [0.05, 0.1) is 18.2 Å². The molecule has 2 N–H and O–H groups in total. The minimum atomic E-state index is -4.78. The van der Waals surface area contributed by atoms with Crippen LogP contribution in [0.3, 0.4) is 0 Å². The lowest BCUT2D eigenvalue weighted by atomic mass is 9.95. The number of quaternary nitrogens is 1. The second-order valence-corrected chi connectivity index (χ2v) is 6.51. The van der Waals surface area contributed by atoms with Crippen molar-refractivity contribution in [2.24, 2.45) is 0 Å². The molecule has 2 aliphatic rings. The zero-order chi connectivity index (χ0) is 18.0. The van der Waals surface area contributed by atoms with Gasteiger partial charge in [-0.1, -0.05) is 6.42 Å². The highest BCUT2D eigenvalue weighted by Gasteiger charge is 2.43. The van der Waals surface area contributed by atoms with Gasteiger partial charge in [-0.15, -0.1) is 13.2 Å². The van der Waals surface area contributed by atoms with Crippen molar-refractivity contribution < 1.29 is 32.8 Å². The van der Waals surface area contributed by atoms with Crippen LogP contribution in [0.15, 0.2) is 24.3 Å². The fraction of sp³-hybridized carbons (Fsp3) is 0.529. The number of nitrogens with two attached hydrogens (primary N) is 1. The highest BCUT2D eigenvalue weighted by atomic mass is 19.4. The van der Waals surface area contributed by atoms with Crippen molar-refractivity contribution >= 4 is 17.5 Å². The maximum Gasteiger partial charge on any atom is 0.573 e. The molecule has 0 bridgehead atoms. The van der Waals surface area contributed by atoms with Crippen LogP contribution in [0, 0.1) is 0 Å². The first-order valence-electron chi connectivity index (χ1n) is 8.41. The number of hydrogen-bond donors (Lipinski definition) is 1. The Labute approximate surface area is 143 Å². The van der Waals surface area contributed by atoms with E-state index in [2.05, 4.69) is 4.74 Å². The van der Waals surface area contributed by atoms with E-state index in [1.807, 2.05) is 5.32 Å². The molecule has 1 aromatic carbocycles. The molecule has 0 aromatic heterocycles. The molecule has 8 heteroatoms. The van der Waals surface area contributed by atoms with Crippen molar-refractivity contribution in [2.75, 3.05) is 4.90 Å². The maximum absolute atomic E-state index is 12.6. The quantitative estimate of drug-likeness (QED) is 0.840. The Kier molecular flexibility index (Phi) is 4.99. The van der Waals surface area contributed by atoms with Crippen LogP contribution in [0.5, 0.6) is 5.75 Å². The van der Waals surface area contributed by atoms with Gasteiger partial charge in [-0.05, 0) is 49.9 Å².